The van der Waals surface area contributed by atoms with E-state index in [1.165, 1.54) is 5.19 Å². The summed E-state index contributed by atoms with van der Waals surface area (Å²) in [6, 6.07) is 12.5. The molecule has 0 amide bonds. The fourth-order valence-electron chi connectivity index (χ4n) is 1.67. The van der Waals surface area contributed by atoms with Gasteiger partial charge in [-0.05, 0) is 31.1 Å². The molecule has 0 saturated heterocycles. The van der Waals surface area contributed by atoms with Gasteiger partial charge in [0.25, 0.3) is 0 Å². The maximum atomic E-state index is 6.86. The highest BCUT2D eigenvalue weighted by Crippen LogP contribution is 2.22. The Morgan fingerprint density at radius 2 is 1.50 bits per heavy atom. The lowest BCUT2D eigenvalue weighted by Crippen LogP contribution is -2.40. The Bertz CT molecular complexity index is 340. The minimum atomic E-state index is -1.87. The summed E-state index contributed by atoms with van der Waals surface area (Å²) in [7, 11) is -1.87. The molecule has 1 aromatic carbocycles. The second kappa shape index (κ2) is 6.72. The molecule has 0 spiro atoms. The second-order valence-electron chi connectivity index (χ2n) is 3.88. The Kier molecular flexibility index (Phi) is 5.57. The number of benzene rings is 1. The molecule has 86 valence electrons. The second-order valence-corrected chi connectivity index (χ2v) is 9.37. The zero-order valence-electron chi connectivity index (χ0n) is 9.99. The molecule has 0 nitrogen and oxygen atoms in total. The van der Waals surface area contributed by atoms with Gasteiger partial charge in [-0.15, -0.1) is 0 Å². The molecule has 2 heteroatoms. The average Bonchev–Trinajstić information content (AvgIpc) is 2.35. The molecule has 0 saturated carbocycles. The highest BCUT2D eigenvalue weighted by atomic mass is 35.6. The number of allylic oxidation sites excluding steroid dienone is 4. The molecule has 0 radical (unpaired) electrons. The largest absolute Gasteiger partial charge is 0.194 e. The quantitative estimate of drug-likeness (QED) is 0.417. The number of hydrogen-bond acceptors (Lipinski definition) is 0. The van der Waals surface area contributed by atoms with Crippen molar-refractivity contribution in [2.45, 2.75) is 25.9 Å². The summed E-state index contributed by atoms with van der Waals surface area (Å²) < 4.78 is 0. The van der Waals surface area contributed by atoms with Crippen molar-refractivity contribution in [3.8, 4) is 0 Å². The highest BCUT2D eigenvalue weighted by molar-refractivity contribution is 7.27. The van der Waals surface area contributed by atoms with E-state index in [2.05, 4.69) is 48.6 Å². The van der Waals surface area contributed by atoms with Crippen LogP contribution in [0, 0.1) is 0 Å². The topological polar surface area (TPSA) is 0 Å². The van der Waals surface area contributed by atoms with Crippen LogP contribution in [0.3, 0.4) is 0 Å². The molecular weight excluding hydrogens is 232 g/mol. The molecule has 0 N–H and O–H groups in total. The summed E-state index contributed by atoms with van der Waals surface area (Å²) in [6.45, 7) is 4.10. The van der Waals surface area contributed by atoms with Crippen molar-refractivity contribution in [2.75, 3.05) is 0 Å². The Labute approximate surface area is 104 Å². The molecule has 0 atom stereocenters. The van der Waals surface area contributed by atoms with E-state index in [4.69, 9.17) is 11.1 Å². The molecule has 1 aromatic rings. The summed E-state index contributed by atoms with van der Waals surface area (Å²) in [5.41, 5.74) is 0. The first-order chi connectivity index (χ1) is 7.73. The summed E-state index contributed by atoms with van der Waals surface area (Å²) in [4.78, 5) is 0. The van der Waals surface area contributed by atoms with Crippen LogP contribution in [0.2, 0.25) is 12.1 Å². The standard InChI is InChI=1S/C14H19ClSi/c1-3-5-12-16(15,13-6-4-2)14-10-8-7-9-11-14/h3-11H,12-13H2,1-2H3/b5-3-,6-4-. The molecule has 0 bridgehead atoms. The molecular formula is C14H19ClSi. The summed E-state index contributed by atoms with van der Waals surface area (Å²) >= 11 is 6.86. The molecule has 1 rings (SSSR count). The fraction of sp³-hybridized carbons (Fsp3) is 0.286. The van der Waals surface area contributed by atoms with E-state index in [1.54, 1.807) is 0 Å². The van der Waals surface area contributed by atoms with Crippen LogP contribution >= 0.6 is 11.1 Å². The van der Waals surface area contributed by atoms with Gasteiger partial charge in [0.15, 0.2) is 7.38 Å². The molecule has 0 aliphatic heterocycles. The number of hydrogen-bond donors (Lipinski definition) is 0. The van der Waals surface area contributed by atoms with E-state index in [9.17, 15) is 0 Å². The van der Waals surface area contributed by atoms with Crippen molar-refractivity contribution in [3.05, 3.63) is 54.6 Å². The van der Waals surface area contributed by atoms with Crippen LogP contribution in [-0.2, 0) is 0 Å². The van der Waals surface area contributed by atoms with Crippen LogP contribution in [-0.4, -0.2) is 7.38 Å². The monoisotopic (exact) mass is 250 g/mol. The maximum Gasteiger partial charge on any atom is 0.194 e. The number of rotatable bonds is 5. The Morgan fingerprint density at radius 1 is 1.00 bits per heavy atom. The van der Waals surface area contributed by atoms with Crippen LogP contribution in [0.25, 0.3) is 0 Å². The lowest BCUT2D eigenvalue weighted by molar-refractivity contribution is 1.47. The smallest absolute Gasteiger partial charge is 0.160 e. The number of halogens is 1. The minimum Gasteiger partial charge on any atom is -0.160 e. The third kappa shape index (κ3) is 3.65. The molecule has 16 heavy (non-hydrogen) atoms. The molecule has 0 aliphatic carbocycles. The van der Waals surface area contributed by atoms with Crippen LogP contribution in [0.4, 0.5) is 0 Å². The van der Waals surface area contributed by atoms with E-state index >= 15 is 0 Å². The highest BCUT2D eigenvalue weighted by Gasteiger charge is 2.30. The van der Waals surface area contributed by atoms with Gasteiger partial charge in [-0.25, -0.2) is 0 Å². The van der Waals surface area contributed by atoms with Gasteiger partial charge in [0, 0.05) is 0 Å². The lowest BCUT2D eigenvalue weighted by atomic mass is 10.4. The van der Waals surface area contributed by atoms with E-state index in [0.29, 0.717) is 0 Å². The van der Waals surface area contributed by atoms with Gasteiger partial charge in [0.05, 0.1) is 0 Å². The molecule has 0 fully saturated rings. The maximum absolute atomic E-state index is 6.86. The summed E-state index contributed by atoms with van der Waals surface area (Å²) in [5, 5.41) is 1.33. The van der Waals surface area contributed by atoms with Gasteiger partial charge in [-0.3, -0.25) is 0 Å². The SMILES string of the molecule is C/C=C\C[Si](Cl)(C/C=C\C)c1ccccc1. The fourth-order valence-corrected chi connectivity index (χ4v) is 5.22. The van der Waals surface area contributed by atoms with E-state index in [1.807, 2.05) is 19.9 Å². The van der Waals surface area contributed by atoms with Crippen molar-refractivity contribution in [3.63, 3.8) is 0 Å². The third-order valence-corrected chi connectivity index (χ3v) is 7.36. The van der Waals surface area contributed by atoms with Gasteiger partial charge < -0.3 is 0 Å². The Hall–Kier alpha value is -0.793. The van der Waals surface area contributed by atoms with Crippen LogP contribution in [0.5, 0.6) is 0 Å². The average molecular weight is 251 g/mol. The predicted octanol–water partition coefficient (Wildman–Crippen LogP) is 4.23. The van der Waals surface area contributed by atoms with Gasteiger partial charge in [0.2, 0.25) is 0 Å². The first-order valence-corrected chi connectivity index (χ1v) is 9.12. The Morgan fingerprint density at radius 3 is 1.94 bits per heavy atom. The van der Waals surface area contributed by atoms with Crippen molar-refractivity contribution in [1.82, 2.24) is 0 Å². The summed E-state index contributed by atoms with van der Waals surface area (Å²) in [6.07, 6.45) is 8.55. The van der Waals surface area contributed by atoms with Crippen molar-refractivity contribution in [1.29, 1.82) is 0 Å². The first kappa shape index (κ1) is 13.3. The van der Waals surface area contributed by atoms with Gasteiger partial charge in [-0.1, -0.05) is 54.6 Å². The summed E-state index contributed by atoms with van der Waals surface area (Å²) in [5.74, 6) is 0. The lowest BCUT2D eigenvalue weighted by Gasteiger charge is -2.22. The van der Waals surface area contributed by atoms with Crippen LogP contribution in [0.1, 0.15) is 13.8 Å². The molecule has 0 aromatic heterocycles. The zero-order chi connectivity index (χ0) is 11.9. The molecule has 0 unspecified atom stereocenters. The van der Waals surface area contributed by atoms with Crippen molar-refractivity contribution < 1.29 is 0 Å². The first-order valence-electron chi connectivity index (χ1n) is 5.69. The molecule has 0 heterocycles. The normalized spacial score (nSPS) is 12.7. The van der Waals surface area contributed by atoms with Crippen LogP contribution < -0.4 is 5.19 Å². The van der Waals surface area contributed by atoms with Gasteiger partial charge >= 0.3 is 0 Å². The van der Waals surface area contributed by atoms with Gasteiger partial charge in [-0.2, -0.15) is 11.1 Å². The Balaban J connectivity index is 2.94. The zero-order valence-corrected chi connectivity index (χ0v) is 11.7. The predicted molar refractivity (Wildman–Crippen MR) is 76.9 cm³/mol. The molecule has 0 aliphatic rings. The van der Waals surface area contributed by atoms with Crippen molar-refractivity contribution >= 4 is 23.6 Å². The minimum absolute atomic E-state index is 0.999. The van der Waals surface area contributed by atoms with E-state index in [-0.39, 0.29) is 0 Å². The van der Waals surface area contributed by atoms with E-state index in [0.717, 1.165) is 12.1 Å². The van der Waals surface area contributed by atoms with Crippen molar-refractivity contribution in [2.24, 2.45) is 0 Å². The van der Waals surface area contributed by atoms with Gasteiger partial charge in [0.1, 0.15) is 0 Å². The van der Waals surface area contributed by atoms with E-state index < -0.39 is 7.38 Å². The third-order valence-electron chi connectivity index (χ3n) is 2.65. The van der Waals surface area contributed by atoms with Crippen LogP contribution in [0.15, 0.2) is 54.6 Å².